The fourth-order valence-corrected chi connectivity index (χ4v) is 1.24. The van der Waals surface area contributed by atoms with Crippen LogP contribution in [-0.4, -0.2) is 26.6 Å². The molecular formula is C9H11N3O2. The summed E-state index contributed by atoms with van der Waals surface area (Å²) < 4.78 is 0. The van der Waals surface area contributed by atoms with Gasteiger partial charge in [0.2, 0.25) is 5.95 Å². The van der Waals surface area contributed by atoms with E-state index in [1.807, 2.05) is 6.92 Å². The number of aryl methyl sites for hydroxylation is 1. The molecular weight excluding hydrogens is 182 g/mol. The number of carbonyl (C=O) groups is 1. The molecule has 0 bridgehead atoms. The van der Waals surface area contributed by atoms with Crippen molar-refractivity contribution in [1.82, 2.24) is 9.97 Å². The minimum absolute atomic E-state index is 0.393. The molecule has 5 nitrogen and oxygen atoms in total. The van der Waals surface area contributed by atoms with Crippen LogP contribution in [0.1, 0.15) is 18.5 Å². The van der Waals surface area contributed by atoms with E-state index in [9.17, 15) is 4.79 Å². The number of hydrogen-bond acceptors (Lipinski definition) is 4. The Morgan fingerprint density at radius 3 is 2.86 bits per heavy atom. The van der Waals surface area contributed by atoms with Crippen molar-refractivity contribution >= 4 is 11.9 Å². The molecule has 2 N–H and O–H groups in total. The van der Waals surface area contributed by atoms with E-state index in [0.29, 0.717) is 18.8 Å². The molecule has 1 aliphatic carbocycles. The van der Waals surface area contributed by atoms with Crippen LogP contribution in [-0.2, 0) is 4.79 Å². The molecule has 0 aromatic carbocycles. The highest BCUT2D eigenvalue weighted by Gasteiger charge is 2.51. The number of carboxylic acid groups (broad SMARTS) is 1. The first kappa shape index (κ1) is 8.93. The van der Waals surface area contributed by atoms with Crippen molar-refractivity contribution in [3.63, 3.8) is 0 Å². The Labute approximate surface area is 81.2 Å². The Morgan fingerprint density at radius 1 is 1.64 bits per heavy atom. The summed E-state index contributed by atoms with van der Waals surface area (Å²) in [6.45, 7) is 1.84. The number of carboxylic acids is 1. The maximum atomic E-state index is 10.9. The second-order valence-electron chi connectivity index (χ2n) is 3.53. The van der Waals surface area contributed by atoms with Gasteiger partial charge < -0.3 is 10.4 Å². The largest absolute Gasteiger partial charge is 0.480 e. The number of rotatable bonds is 3. The van der Waals surface area contributed by atoms with Gasteiger partial charge >= 0.3 is 5.97 Å². The van der Waals surface area contributed by atoms with E-state index >= 15 is 0 Å². The lowest BCUT2D eigenvalue weighted by atomic mass is 10.3. The minimum atomic E-state index is -0.831. The lowest BCUT2D eigenvalue weighted by Crippen LogP contribution is -2.32. The van der Waals surface area contributed by atoms with E-state index in [4.69, 9.17) is 5.11 Å². The van der Waals surface area contributed by atoms with E-state index in [0.717, 1.165) is 5.69 Å². The highest BCUT2D eigenvalue weighted by atomic mass is 16.4. The van der Waals surface area contributed by atoms with Crippen molar-refractivity contribution < 1.29 is 9.90 Å². The third kappa shape index (κ3) is 1.53. The number of hydrogen-bond donors (Lipinski definition) is 2. The van der Waals surface area contributed by atoms with Crippen LogP contribution in [0, 0.1) is 6.92 Å². The maximum absolute atomic E-state index is 10.9. The van der Waals surface area contributed by atoms with Crippen molar-refractivity contribution in [2.45, 2.75) is 25.3 Å². The first-order chi connectivity index (χ1) is 6.62. The van der Waals surface area contributed by atoms with Gasteiger partial charge in [0.1, 0.15) is 5.54 Å². The monoisotopic (exact) mass is 193 g/mol. The molecule has 14 heavy (non-hydrogen) atoms. The average molecular weight is 193 g/mol. The van der Waals surface area contributed by atoms with Crippen LogP contribution in [0.25, 0.3) is 0 Å². The Kier molecular flexibility index (Phi) is 1.87. The lowest BCUT2D eigenvalue weighted by molar-refractivity contribution is -0.138. The molecule has 2 rings (SSSR count). The van der Waals surface area contributed by atoms with Crippen molar-refractivity contribution in [2.24, 2.45) is 0 Å². The quantitative estimate of drug-likeness (QED) is 0.743. The van der Waals surface area contributed by atoms with Crippen LogP contribution < -0.4 is 5.32 Å². The lowest BCUT2D eigenvalue weighted by Gasteiger charge is -2.11. The molecule has 0 aliphatic heterocycles. The molecule has 1 aromatic heterocycles. The average Bonchev–Trinajstić information content (AvgIpc) is 2.85. The zero-order valence-corrected chi connectivity index (χ0v) is 7.82. The number of aliphatic carboxylic acids is 1. The van der Waals surface area contributed by atoms with E-state index in [1.54, 1.807) is 12.3 Å². The zero-order valence-electron chi connectivity index (χ0n) is 7.82. The van der Waals surface area contributed by atoms with Gasteiger partial charge in [0.15, 0.2) is 0 Å². The second-order valence-corrected chi connectivity index (χ2v) is 3.53. The van der Waals surface area contributed by atoms with Crippen molar-refractivity contribution in [3.8, 4) is 0 Å². The summed E-state index contributed by atoms with van der Waals surface area (Å²) in [7, 11) is 0. The Hall–Kier alpha value is -1.65. The Morgan fingerprint density at radius 2 is 2.36 bits per heavy atom. The molecule has 1 fully saturated rings. The zero-order chi connectivity index (χ0) is 10.2. The van der Waals surface area contributed by atoms with E-state index in [2.05, 4.69) is 15.3 Å². The highest BCUT2D eigenvalue weighted by molar-refractivity contribution is 5.85. The highest BCUT2D eigenvalue weighted by Crippen LogP contribution is 2.38. The maximum Gasteiger partial charge on any atom is 0.329 e. The van der Waals surface area contributed by atoms with Crippen LogP contribution in [0.2, 0.25) is 0 Å². The molecule has 0 amide bonds. The van der Waals surface area contributed by atoms with Crippen LogP contribution >= 0.6 is 0 Å². The molecule has 1 saturated carbocycles. The molecule has 1 aromatic rings. The minimum Gasteiger partial charge on any atom is -0.480 e. The van der Waals surface area contributed by atoms with E-state index in [1.165, 1.54) is 0 Å². The van der Waals surface area contributed by atoms with Crippen molar-refractivity contribution in [1.29, 1.82) is 0 Å². The van der Waals surface area contributed by atoms with Crippen molar-refractivity contribution in [2.75, 3.05) is 5.32 Å². The van der Waals surface area contributed by atoms with Crippen LogP contribution in [0.4, 0.5) is 5.95 Å². The molecule has 0 radical (unpaired) electrons. The molecule has 0 spiro atoms. The normalized spacial score (nSPS) is 17.5. The SMILES string of the molecule is Cc1ccnc(NC2(C(=O)O)CC2)n1. The van der Waals surface area contributed by atoms with Gasteiger partial charge in [0, 0.05) is 11.9 Å². The third-order valence-corrected chi connectivity index (χ3v) is 2.31. The molecule has 5 heteroatoms. The first-order valence-corrected chi connectivity index (χ1v) is 4.44. The standard InChI is InChI=1S/C9H11N3O2/c1-6-2-5-10-8(11-6)12-9(3-4-9)7(13)14/h2,5H,3-4H2,1H3,(H,13,14)(H,10,11,12). The van der Waals surface area contributed by atoms with Gasteiger partial charge in [-0.1, -0.05) is 0 Å². The number of nitrogens with zero attached hydrogens (tertiary/aromatic N) is 2. The Balaban J connectivity index is 2.15. The smallest absolute Gasteiger partial charge is 0.329 e. The topological polar surface area (TPSA) is 75.1 Å². The fraction of sp³-hybridized carbons (Fsp3) is 0.444. The third-order valence-electron chi connectivity index (χ3n) is 2.31. The van der Waals surface area contributed by atoms with Gasteiger partial charge in [-0.05, 0) is 25.8 Å². The summed E-state index contributed by atoms with van der Waals surface area (Å²) in [5, 5.41) is 11.8. The van der Waals surface area contributed by atoms with Gasteiger partial charge in [-0.2, -0.15) is 0 Å². The summed E-state index contributed by atoms with van der Waals surface area (Å²) in [5.74, 6) is -0.437. The predicted octanol–water partition coefficient (Wildman–Crippen LogP) is 0.814. The first-order valence-electron chi connectivity index (χ1n) is 4.44. The van der Waals surface area contributed by atoms with Crippen LogP contribution in [0.15, 0.2) is 12.3 Å². The van der Waals surface area contributed by atoms with E-state index < -0.39 is 11.5 Å². The molecule has 74 valence electrons. The molecule has 1 heterocycles. The summed E-state index contributed by atoms with van der Waals surface area (Å²) >= 11 is 0. The van der Waals surface area contributed by atoms with Gasteiger partial charge in [-0.3, -0.25) is 0 Å². The molecule has 0 unspecified atom stereocenters. The van der Waals surface area contributed by atoms with Gasteiger partial charge in [-0.25, -0.2) is 14.8 Å². The Bertz CT molecular complexity index is 374. The fourth-order valence-electron chi connectivity index (χ4n) is 1.24. The summed E-state index contributed by atoms with van der Waals surface area (Å²) in [6, 6.07) is 1.77. The van der Waals surface area contributed by atoms with Crippen LogP contribution in [0.5, 0.6) is 0 Å². The summed E-state index contributed by atoms with van der Waals surface area (Å²) in [6.07, 6.45) is 2.89. The second kappa shape index (κ2) is 2.94. The van der Waals surface area contributed by atoms with Gasteiger partial charge in [-0.15, -0.1) is 0 Å². The van der Waals surface area contributed by atoms with Gasteiger partial charge in [0.05, 0.1) is 0 Å². The number of nitrogens with one attached hydrogen (secondary N) is 1. The van der Waals surface area contributed by atoms with Crippen molar-refractivity contribution in [3.05, 3.63) is 18.0 Å². The van der Waals surface area contributed by atoms with Gasteiger partial charge in [0.25, 0.3) is 0 Å². The number of anilines is 1. The number of aromatic nitrogens is 2. The van der Waals surface area contributed by atoms with Crippen LogP contribution in [0.3, 0.4) is 0 Å². The summed E-state index contributed by atoms with van der Waals surface area (Å²) in [4.78, 5) is 18.9. The predicted molar refractivity (Wildman–Crippen MR) is 50.0 cm³/mol. The molecule has 0 saturated heterocycles. The summed E-state index contributed by atoms with van der Waals surface area (Å²) in [5.41, 5.74) is 0.0111. The van der Waals surface area contributed by atoms with E-state index in [-0.39, 0.29) is 0 Å². The molecule has 0 atom stereocenters. The molecule has 1 aliphatic rings.